The van der Waals surface area contributed by atoms with Crippen LogP contribution in [0.1, 0.15) is 37.2 Å². The number of aromatic nitrogens is 2. The monoisotopic (exact) mass is 291 g/mol. The maximum Gasteiger partial charge on any atom is 0.257 e. The van der Waals surface area contributed by atoms with Crippen molar-refractivity contribution >= 4 is 0 Å². The van der Waals surface area contributed by atoms with Crippen LogP contribution >= 0.6 is 0 Å². The molecule has 1 aliphatic rings. The standard InChI is InChI=1S/C15H18FN3O2/c1-15(2,10-3-5-11(16)6-4-10)14-18-13(21-19-14)12-9-17-7-8-20-12/h3-6,12,17H,7-9H2,1-2H3. The third-order valence-electron chi connectivity index (χ3n) is 3.77. The molecule has 112 valence electrons. The van der Waals surface area contributed by atoms with Crippen LogP contribution in [0.25, 0.3) is 0 Å². The summed E-state index contributed by atoms with van der Waals surface area (Å²) in [5.41, 5.74) is 0.469. The predicted molar refractivity (Wildman–Crippen MR) is 74.4 cm³/mol. The number of hydrogen-bond donors (Lipinski definition) is 1. The zero-order valence-corrected chi connectivity index (χ0v) is 12.1. The summed E-state index contributed by atoms with van der Waals surface area (Å²) in [4.78, 5) is 4.47. The quantitative estimate of drug-likeness (QED) is 0.939. The van der Waals surface area contributed by atoms with Gasteiger partial charge < -0.3 is 14.6 Å². The van der Waals surface area contributed by atoms with Crippen LogP contribution in [-0.4, -0.2) is 29.8 Å². The third kappa shape index (κ3) is 2.82. The molecule has 5 nitrogen and oxygen atoms in total. The van der Waals surface area contributed by atoms with Gasteiger partial charge in [0.1, 0.15) is 11.9 Å². The molecule has 2 heterocycles. The second-order valence-electron chi connectivity index (χ2n) is 5.65. The summed E-state index contributed by atoms with van der Waals surface area (Å²) < 4.78 is 24.0. The summed E-state index contributed by atoms with van der Waals surface area (Å²) in [5.74, 6) is 0.788. The number of morpholine rings is 1. The van der Waals surface area contributed by atoms with Crippen LogP contribution in [0.5, 0.6) is 0 Å². The lowest BCUT2D eigenvalue weighted by Gasteiger charge is -2.21. The normalized spacial score (nSPS) is 19.7. The van der Waals surface area contributed by atoms with Crippen molar-refractivity contribution in [1.29, 1.82) is 0 Å². The van der Waals surface area contributed by atoms with Gasteiger partial charge in [-0.25, -0.2) is 4.39 Å². The SMILES string of the molecule is CC(C)(c1ccc(F)cc1)c1noc(C2CNCCO2)n1. The number of hydrogen-bond acceptors (Lipinski definition) is 5. The Bertz CT molecular complexity index is 604. The van der Waals surface area contributed by atoms with Gasteiger partial charge in [0.05, 0.1) is 12.0 Å². The van der Waals surface area contributed by atoms with Gasteiger partial charge in [-0.3, -0.25) is 0 Å². The van der Waals surface area contributed by atoms with Gasteiger partial charge in [0.2, 0.25) is 0 Å². The lowest BCUT2D eigenvalue weighted by molar-refractivity contribution is 0.00755. The minimum Gasteiger partial charge on any atom is -0.366 e. The molecule has 1 aromatic heterocycles. The molecule has 21 heavy (non-hydrogen) atoms. The lowest BCUT2D eigenvalue weighted by Crippen LogP contribution is -2.33. The molecule has 6 heteroatoms. The van der Waals surface area contributed by atoms with E-state index in [0.717, 1.165) is 12.1 Å². The van der Waals surface area contributed by atoms with E-state index in [1.165, 1.54) is 12.1 Å². The summed E-state index contributed by atoms with van der Waals surface area (Å²) in [7, 11) is 0. The van der Waals surface area contributed by atoms with Crippen LogP contribution in [-0.2, 0) is 10.2 Å². The molecule has 1 saturated heterocycles. The first-order valence-corrected chi connectivity index (χ1v) is 7.00. The first-order chi connectivity index (χ1) is 10.1. The fourth-order valence-electron chi connectivity index (χ4n) is 2.34. The average Bonchev–Trinajstić information content (AvgIpc) is 2.99. The molecule has 1 unspecified atom stereocenters. The van der Waals surface area contributed by atoms with Crippen LogP contribution in [0, 0.1) is 5.82 Å². The number of benzene rings is 1. The van der Waals surface area contributed by atoms with Crippen molar-refractivity contribution in [2.24, 2.45) is 0 Å². The first-order valence-electron chi connectivity index (χ1n) is 7.00. The molecule has 3 rings (SSSR count). The number of nitrogens with one attached hydrogen (secondary N) is 1. The van der Waals surface area contributed by atoms with Crippen molar-refractivity contribution in [1.82, 2.24) is 15.5 Å². The first kappa shape index (κ1) is 14.2. The molecule has 1 aromatic carbocycles. The molecule has 0 spiro atoms. The van der Waals surface area contributed by atoms with Crippen molar-refractivity contribution < 1.29 is 13.7 Å². The van der Waals surface area contributed by atoms with E-state index in [1.54, 1.807) is 12.1 Å². The Balaban J connectivity index is 1.85. The highest BCUT2D eigenvalue weighted by Gasteiger charge is 2.31. The van der Waals surface area contributed by atoms with Gasteiger partial charge in [-0.15, -0.1) is 0 Å². The van der Waals surface area contributed by atoms with E-state index in [2.05, 4.69) is 15.5 Å². The maximum absolute atomic E-state index is 13.1. The van der Waals surface area contributed by atoms with Crippen molar-refractivity contribution in [2.45, 2.75) is 25.4 Å². The van der Waals surface area contributed by atoms with Crippen molar-refractivity contribution in [3.63, 3.8) is 0 Å². The Kier molecular flexibility index (Phi) is 3.73. The Labute approximate surface area is 122 Å². The Morgan fingerprint density at radius 2 is 2.05 bits per heavy atom. The Morgan fingerprint density at radius 3 is 2.71 bits per heavy atom. The van der Waals surface area contributed by atoms with E-state index in [-0.39, 0.29) is 11.9 Å². The van der Waals surface area contributed by atoms with Crippen molar-refractivity contribution in [2.75, 3.05) is 19.7 Å². The van der Waals surface area contributed by atoms with Gasteiger partial charge in [0, 0.05) is 13.1 Å². The Morgan fingerprint density at radius 1 is 1.29 bits per heavy atom. The summed E-state index contributed by atoms with van der Waals surface area (Å²) in [6, 6.07) is 6.35. The van der Waals surface area contributed by atoms with Gasteiger partial charge in [0.15, 0.2) is 5.82 Å². The van der Waals surface area contributed by atoms with E-state index in [0.29, 0.717) is 24.9 Å². The fraction of sp³-hybridized carbons (Fsp3) is 0.467. The summed E-state index contributed by atoms with van der Waals surface area (Å²) >= 11 is 0. The second-order valence-corrected chi connectivity index (χ2v) is 5.65. The summed E-state index contributed by atoms with van der Waals surface area (Å²) in [5, 5.41) is 7.30. The van der Waals surface area contributed by atoms with Crippen LogP contribution in [0.4, 0.5) is 4.39 Å². The number of halogens is 1. The molecule has 0 bridgehead atoms. The number of nitrogens with zero attached hydrogens (tertiary/aromatic N) is 2. The van der Waals surface area contributed by atoms with Crippen LogP contribution in [0.2, 0.25) is 0 Å². The van der Waals surface area contributed by atoms with E-state index < -0.39 is 5.41 Å². The lowest BCUT2D eigenvalue weighted by atomic mass is 9.84. The predicted octanol–water partition coefficient (Wildman–Crippen LogP) is 2.20. The molecule has 1 fully saturated rings. The largest absolute Gasteiger partial charge is 0.366 e. The zero-order chi connectivity index (χ0) is 14.9. The number of ether oxygens (including phenoxy) is 1. The molecule has 0 radical (unpaired) electrons. The van der Waals surface area contributed by atoms with E-state index >= 15 is 0 Å². The van der Waals surface area contributed by atoms with Crippen molar-refractivity contribution in [3.8, 4) is 0 Å². The molecule has 1 atom stereocenters. The second kappa shape index (κ2) is 5.54. The van der Waals surface area contributed by atoms with E-state index in [4.69, 9.17) is 9.26 Å². The number of rotatable bonds is 3. The van der Waals surface area contributed by atoms with Gasteiger partial charge in [-0.2, -0.15) is 4.98 Å². The highest BCUT2D eigenvalue weighted by atomic mass is 19.1. The summed E-state index contributed by atoms with van der Waals surface area (Å²) in [6.45, 7) is 6.09. The van der Waals surface area contributed by atoms with Crippen molar-refractivity contribution in [3.05, 3.63) is 47.4 Å². The fourth-order valence-corrected chi connectivity index (χ4v) is 2.34. The highest BCUT2D eigenvalue weighted by molar-refractivity contribution is 5.30. The molecule has 0 amide bonds. The molecule has 1 N–H and O–H groups in total. The molecular weight excluding hydrogens is 273 g/mol. The van der Waals surface area contributed by atoms with Gasteiger partial charge in [0.25, 0.3) is 5.89 Å². The molecule has 0 saturated carbocycles. The smallest absolute Gasteiger partial charge is 0.257 e. The molecule has 0 aliphatic carbocycles. The minimum atomic E-state index is -0.461. The molecular formula is C15H18FN3O2. The van der Waals surface area contributed by atoms with Crippen LogP contribution in [0.3, 0.4) is 0 Å². The van der Waals surface area contributed by atoms with Crippen LogP contribution in [0.15, 0.2) is 28.8 Å². The molecule has 1 aliphatic heterocycles. The van der Waals surface area contributed by atoms with E-state index in [9.17, 15) is 4.39 Å². The summed E-state index contributed by atoms with van der Waals surface area (Å²) in [6.07, 6.45) is -0.205. The van der Waals surface area contributed by atoms with Gasteiger partial charge in [-0.1, -0.05) is 17.3 Å². The highest BCUT2D eigenvalue weighted by Crippen LogP contribution is 2.30. The topological polar surface area (TPSA) is 60.2 Å². The van der Waals surface area contributed by atoms with Gasteiger partial charge >= 0.3 is 0 Å². The maximum atomic E-state index is 13.1. The third-order valence-corrected chi connectivity index (χ3v) is 3.77. The van der Waals surface area contributed by atoms with E-state index in [1.807, 2.05) is 13.8 Å². The van der Waals surface area contributed by atoms with Crippen LogP contribution < -0.4 is 5.32 Å². The molecule has 2 aromatic rings. The average molecular weight is 291 g/mol. The zero-order valence-electron chi connectivity index (χ0n) is 12.1. The minimum absolute atomic E-state index is 0.205. The van der Waals surface area contributed by atoms with Gasteiger partial charge in [-0.05, 0) is 31.5 Å². The Hall–Kier alpha value is -1.79.